The normalized spacial score (nSPS) is 20.0. The van der Waals surface area contributed by atoms with Crippen LogP contribution in [-0.2, 0) is 5.60 Å². The summed E-state index contributed by atoms with van der Waals surface area (Å²) in [7, 11) is 0. The highest BCUT2D eigenvalue weighted by Gasteiger charge is 2.45. The Balaban J connectivity index is 2.25. The van der Waals surface area contributed by atoms with Gasteiger partial charge in [0.1, 0.15) is 10.6 Å². The summed E-state index contributed by atoms with van der Waals surface area (Å²) < 4.78 is 24.2. The van der Waals surface area contributed by atoms with Crippen molar-refractivity contribution in [1.29, 1.82) is 0 Å². The molecule has 66 valence electrons. The van der Waals surface area contributed by atoms with Gasteiger partial charge in [-0.2, -0.15) is 0 Å². The summed E-state index contributed by atoms with van der Waals surface area (Å²) in [4.78, 5) is 3.70. The first-order valence-electron chi connectivity index (χ1n) is 3.58. The van der Waals surface area contributed by atoms with Crippen LogP contribution in [-0.4, -0.2) is 10.1 Å². The molecule has 1 fully saturated rings. The zero-order valence-electron chi connectivity index (χ0n) is 6.13. The topological polar surface area (TPSA) is 33.1 Å². The Labute approximate surface area is 71.9 Å². The van der Waals surface area contributed by atoms with Gasteiger partial charge in [0.15, 0.2) is 0 Å². The van der Waals surface area contributed by atoms with Crippen molar-refractivity contribution in [1.82, 2.24) is 4.98 Å². The molecule has 5 heteroatoms. The van der Waals surface area contributed by atoms with Gasteiger partial charge >= 0.3 is 0 Å². The molecule has 1 saturated carbocycles. The van der Waals surface area contributed by atoms with E-state index in [4.69, 9.17) is 0 Å². The maximum Gasteiger partial charge on any atom is 0.274 e. The van der Waals surface area contributed by atoms with Crippen LogP contribution < -0.4 is 0 Å². The second-order valence-electron chi connectivity index (χ2n) is 2.90. The average molecular weight is 191 g/mol. The van der Waals surface area contributed by atoms with Crippen LogP contribution in [0.5, 0.6) is 0 Å². The van der Waals surface area contributed by atoms with Gasteiger partial charge in [-0.1, -0.05) is 0 Å². The van der Waals surface area contributed by atoms with E-state index in [1.807, 2.05) is 0 Å². The van der Waals surface area contributed by atoms with Crippen molar-refractivity contribution in [3.8, 4) is 0 Å². The lowest BCUT2D eigenvalue weighted by Gasteiger charge is -1.99. The summed E-state index contributed by atoms with van der Waals surface area (Å²) in [6.07, 6.45) is -0.0496. The second-order valence-corrected chi connectivity index (χ2v) is 3.96. The predicted molar refractivity (Wildman–Crippen MR) is 40.2 cm³/mol. The van der Waals surface area contributed by atoms with Crippen LogP contribution in [0.2, 0.25) is 0 Å². The van der Waals surface area contributed by atoms with E-state index in [2.05, 4.69) is 4.98 Å². The fourth-order valence-corrected chi connectivity index (χ4v) is 1.85. The fourth-order valence-electron chi connectivity index (χ4n) is 0.935. The number of aliphatic hydroxyl groups is 1. The number of alkyl halides is 2. The zero-order chi connectivity index (χ0) is 8.77. The predicted octanol–water partition coefficient (Wildman–Crippen LogP) is 2.06. The number of hydrogen-bond acceptors (Lipinski definition) is 3. The molecular weight excluding hydrogens is 184 g/mol. The van der Waals surface area contributed by atoms with Gasteiger partial charge in [-0.05, 0) is 12.8 Å². The molecule has 1 aliphatic rings. The lowest BCUT2D eigenvalue weighted by molar-refractivity contribution is 0.151. The van der Waals surface area contributed by atoms with E-state index in [0.29, 0.717) is 17.8 Å². The van der Waals surface area contributed by atoms with Crippen molar-refractivity contribution in [2.24, 2.45) is 0 Å². The van der Waals surface area contributed by atoms with Gasteiger partial charge in [0.05, 0.1) is 4.88 Å². The molecule has 2 nitrogen and oxygen atoms in total. The molecule has 1 N–H and O–H groups in total. The molecule has 1 aliphatic carbocycles. The van der Waals surface area contributed by atoms with Gasteiger partial charge in [-0.25, -0.2) is 13.8 Å². The van der Waals surface area contributed by atoms with E-state index in [9.17, 15) is 13.9 Å². The maximum atomic E-state index is 12.1. The third-order valence-electron chi connectivity index (χ3n) is 1.86. The fraction of sp³-hybridized carbons (Fsp3) is 0.571. The molecule has 0 radical (unpaired) electrons. The molecular formula is C7H7F2NOS. The first kappa shape index (κ1) is 8.07. The van der Waals surface area contributed by atoms with Crippen LogP contribution in [0.4, 0.5) is 8.78 Å². The highest BCUT2D eigenvalue weighted by atomic mass is 32.1. The molecule has 0 atom stereocenters. The van der Waals surface area contributed by atoms with E-state index >= 15 is 0 Å². The Bertz CT molecular complexity index is 295. The van der Waals surface area contributed by atoms with Gasteiger partial charge in [0.25, 0.3) is 6.43 Å². The third kappa shape index (κ3) is 1.23. The minimum atomic E-state index is -2.47. The molecule has 0 amide bonds. The SMILES string of the molecule is OC1(c2ncc(C(F)F)s2)CC1. The molecule has 0 bridgehead atoms. The summed E-state index contributed by atoms with van der Waals surface area (Å²) in [5, 5.41) is 9.93. The number of nitrogens with zero attached hydrogens (tertiary/aromatic N) is 1. The molecule has 0 aromatic carbocycles. The first-order valence-corrected chi connectivity index (χ1v) is 4.40. The Hall–Kier alpha value is -0.550. The van der Waals surface area contributed by atoms with E-state index in [0.717, 1.165) is 17.5 Å². The van der Waals surface area contributed by atoms with Gasteiger partial charge in [0.2, 0.25) is 0 Å². The van der Waals surface area contributed by atoms with E-state index < -0.39 is 12.0 Å². The summed E-state index contributed by atoms with van der Waals surface area (Å²) in [5.41, 5.74) is -0.877. The number of thiazole rings is 1. The van der Waals surface area contributed by atoms with Gasteiger partial charge < -0.3 is 5.11 Å². The van der Waals surface area contributed by atoms with Crippen molar-refractivity contribution in [2.75, 3.05) is 0 Å². The largest absolute Gasteiger partial charge is 0.383 e. The van der Waals surface area contributed by atoms with Crippen LogP contribution >= 0.6 is 11.3 Å². The van der Waals surface area contributed by atoms with Gasteiger partial charge in [0, 0.05) is 6.20 Å². The minimum absolute atomic E-state index is 0.0645. The summed E-state index contributed by atoms with van der Waals surface area (Å²) in [6, 6.07) is 0. The Kier molecular flexibility index (Phi) is 1.66. The van der Waals surface area contributed by atoms with Gasteiger partial charge in [-0.3, -0.25) is 0 Å². The van der Waals surface area contributed by atoms with Crippen LogP contribution in [0, 0.1) is 0 Å². The van der Waals surface area contributed by atoms with Crippen molar-refractivity contribution < 1.29 is 13.9 Å². The lowest BCUT2D eigenvalue weighted by atomic mass is 10.4. The van der Waals surface area contributed by atoms with Crippen LogP contribution in [0.15, 0.2) is 6.20 Å². The molecule has 0 aliphatic heterocycles. The lowest BCUT2D eigenvalue weighted by Crippen LogP contribution is -2.02. The number of aromatic nitrogens is 1. The van der Waals surface area contributed by atoms with Crippen molar-refractivity contribution >= 4 is 11.3 Å². The Morgan fingerprint density at radius 1 is 1.58 bits per heavy atom. The van der Waals surface area contributed by atoms with Crippen molar-refractivity contribution in [2.45, 2.75) is 24.9 Å². The molecule has 1 heterocycles. The minimum Gasteiger partial charge on any atom is -0.383 e. The second kappa shape index (κ2) is 2.47. The van der Waals surface area contributed by atoms with E-state index in [1.165, 1.54) is 0 Å². The number of hydrogen-bond donors (Lipinski definition) is 1. The summed E-state index contributed by atoms with van der Waals surface area (Å²) in [5.74, 6) is 0. The van der Waals surface area contributed by atoms with E-state index in [1.54, 1.807) is 0 Å². The monoisotopic (exact) mass is 191 g/mol. The number of rotatable bonds is 2. The maximum absolute atomic E-state index is 12.1. The molecule has 1 aromatic rings. The zero-order valence-corrected chi connectivity index (χ0v) is 6.94. The molecule has 1 aromatic heterocycles. The molecule has 0 unspecified atom stereocenters. The summed E-state index contributed by atoms with van der Waals surface area (Å²) in [6.45, 7) is 0. The van der Waals surface area contributed by atoms with Crippen LogP contribution in [0.25, 0.3) is 0 Å². The molecule has 0 spiro atoms. The Morgan fingerprint density at radius 2 is 2.25 bits per heavy atom. The molecule has 0 saturated heterocycles. The van der Waals surface area contributed by atoms with Crippen molar-refractivity contribution in [3.05, 3.63) is 16.1 Å². The van der Waals surface area contributed by atoms with E-state index in [-0.39, 0.29) is 4.88 Å². The molecule has 12 heavy (non-hydrogen) atoms. The van der Waals surface area contributed by atoms with Gasteiger partial charge in [-0.15, -0.1) is 11.3 Å². The standard InChI is InChI=1S/C7H7F2NOS/c8-5(9)4-3-10-6(12-4)7(11)1-2-7/h3,5,11H,1-2H2. The van der Waals surface area contributed by atoms with Crippen molar-refractivity contribution in [3.63, 3.8) is 0 Å². The average Bonchev–Trinajstić information content (AvgIpc) is 2.61. The Morgan fingerprint density at radius 3 is 2.67 bits per heavy atom. The smallest absolute Gasteiger partial charge is 0.274 e. The van der Waals surface area contributed by atoms with Crippen LogP contribution in [0.1, 0.15) is 29.2 Å². The third-order valence-corrected chi connectivity index (χ3v) is 3.06. The highest BCUT2D eigenvalue weighted by Crippen LogP contribution is 2.47. The first-order chi connectivity index (χ1) is 5.62. The molecule has 2 rings (SSSR count). The summed E-state index contributed by atoms with van der Waals surface area (Å²) >= 11 is 0.899. The highest BCUT2D eigenvalue weighted by molar-refractivity contribution is 7.11. The quantitative estimate of drug-likeness (QED) is 0.776. The van der Waals surface area contributed by atoms with Crippen LogP contribution in [0.3, 0.4) is 0 Å². The number of halogens is 2.